The smallest absolute Gasteiger partial charge is 0.301 e. The summed E-state index contributed by atoms with van der Waals surface area (Å²) in [5, 5.41) is -3.08. The molecule has 0 fully saturated rings. The van der Waals surface area contributed by atoms with E-state index in [-0.39, 0.29) is 0 Å². The van der Waals surface area contributed by atoms with Crippen LogP contribution in [-0.2, 0) is 28.8 Å². The van der Waals surface area contributed by atoms with Gasteiger partial charge in [0.25, 0.3) is 14.1 Å². The van der Waals surface area contributed by atoms with Gasteiger partial charge in [0, 0.05) is 0 Å². The summed E-state index contributed by atoms with van der Waals surface area (Å²) in [6, 6.07) is 0. The third-order valence-corrected chi connectivity index (χ3v) is 6.67. The molecule has 0 aromatic carbocycles. The summed E-state index contributed by atoms with van der Waals surface area (Å²) in [7, 11) is 0. The largest absolute Gasteiger partial charge is 0.450 e. The van der Waals surface area contributed by atoms with E-state index in [0.717, 1.165) is 0 Å². The van der Waals surface area contributed by atoms with Crippen LogP contribution in [0.5, 0.6) is 0 Å². The maximum Gasteiger partial charge on any atom is 0.450 e. The molecule has 0 aromatic heterocycles. The number of hydrogen-bond donors (Lipinski definition) is 0. The van der Waals surface area contributed by atoms with Crippen LogP contribution in [0.25, 0.3) is 0 Å². The molecule has 0 unspecified atom stereocenters. The zero-order valence-electron chi connectivity index (χ0n) is 15.2. The van der Waals surface area contributed by atoms with E-state index in [4.69, 9.17) is 0 Å². The van der Waals surface area contributed by atoms with E-state index in [9.17, 15) is 68.3 Å². The van der Waals surface area contributed by atoms with Crippen LogP contribution in [-0.4, -0.2) is 67.4 Å². The van der Waals surface area contributed by atoms with E-state index in [0.29, 0.717) is 0 Å². The molecule has 0 spiro atoms. The van der Waals surface area contributed by atoms with Crippen molar-refractivity contribution >= 4 is 48.8 Å². The van der Waals surface area contributed by atoms with Crippen LogP contribution in [0.2, 0.25) is 15.8 Å². The van der Waals surface area contributed by atoms with Gasteiger partial charge in [-0.05, 0) is 15.8 Å². The lowest BCUT2D eigenvalue weighted by molar-refractivity contribution is -0.171. The highest BCUT2D eigenvalue weighted by atomic mass is 27.2. The minimum Gasteiger partial charge on any atom is -0.301 e. The third-order valence-electron chi connectivity index (χ3n) is 3.57. The molecule has 0 atom stereocenters. The molecule has 0 aliphatic carbocycles. The number of hydrogen-bond acceptors (Lipinski definition) is 6. The molecule has 0 bridgehead atoms. The van der Waals surface area contributed by atoms with Crippen molar-refractivity contribution in [1.29, 1.82) is 0 Å². The lowest BCUT2D eigenvalue weighted by Gasteiger charge is -2.12. The molecule has 6 nitrogen and oxygen atoms in total. The predicted octanol–water partition coefficient (Wildman–Crippen LogP) is 2.75. The van der Waals surface area contributed by atoms with Crippen molar-refractivity contribution in [3.05, 3.63) is 0 Å². The number of halogens is 9. The summed E-state index contributed by atoms with van der Waals surface area (Å²) >= 11 is -3.35. The summed E-state index contributed by atoms with van der Waals surface area (Å²) < 4.78 is 110. The number of alkyl halides is 9. The highest BCUT2D eigenvalue weighted by Crippen LogP contribution is 2.23. The predicted molar refractivity (Wildman–Crippen MR) is 82.2 cm³/mol. The van der Waals surface area contributed by atoms with Crippen molar-refractivity contribution in [3.63, 3.8) is 0 Å². The van der Waals surface area contributed by atoms with Crippen molar-refractivity contribution in [2.24, 2.45) is 0 Å². The molecular formula is C15H12AlF9O6. The summed E-state index contributed by atoms with van der Waals surface area (Å²) in [4.78, 5) is 67.3. The number of Topliss-reactive ketones (excluding diaryl/α,β-unsaturated/α-hetero) is 6. The van der Waals surface area contributed by atoms with Crippen LogP contribution in [0.1, 0.15) is 19.3 Å². The number of rotatable bonds is 12. The first-order chi connectivity index (χ1) is 13.7. The first-order valence-corrected chi connectivity index (χ1v) is 10.5. The highest BCUT2D eigenvalue weighted by Gasteiger charge is 2.43. The molecule has 0 saturated heterocycles. The second-order valence-corrected chi connectivity index (χ2v) is 9.34. The van der Waals surface area contributed by atoms with Crippen molar-refractivity contribution in [2.45, 2.75) is 53.6 Å². The van der Waals surface area contributed by atoms with E-state index in [1.54, 1.807) is 0 Å². The Morgan fingerprint density at radius 3 is 0.806 bits per heavy atom. The highest BCUT2D eigenvalue weighted by molar-refractivity contribution is 6.69. The van der Waals surface area contributed by atoms with E-state index in [1.807, 2.05) is 0 Å². The molecular weight excluding hydrogens is 474 g/mol. The van der Waals surface area contributed by atoms with Gasteiger partial charge in [0.2, 0.25) is 17.3 Å². The van der Waals surface area contributed by atoms with Gasteiger partial charge in [0.15, 0.2) is 0 Å². The fourth-order valence-corrected chi connectivity index (χ4v) is 5.03. The van der Waals surface area contributed by atoms with Gasteiger partial charge in [0.1, 0.15) is 17.3 Å². The van der Waals surface area contributed by atoms with Crippen molar-refractivity contribution in [2.75, 3.05) is 0 Å². The Hall–Kier alpha value is -2.08. The monoisotopic (exact) mass is 486 g/mol. The second kappa shape index (κ2) is 11.0. The molecule has 0 heterocycles. The Morgan fingerprint density at radius 1 is 0.452 bits per heavy atom. The topological polar surface area (TPSA) is 102 Å². The average molecular weight is 486 g/mol. The minimum absolute atomic E-state index is 1.03. The fraction of sp³-hybridized carbons (Fsp3) is 0.600. The van der Waals surface area contributed by atoms with E-state index >= 15 is 0 Å². The summed E-state index contributed by atoms with van der Waals surface area (Å²) in [5.41, 5.74) is 0. The maximum atomic E-state index is 12.2. The van der Waals surface area contributed by atoms with Crippen LogP contribution in [0.4, 0.5) is 39.5 Å². The lowest BCUT2D eigenvalue weighted by Crippen LogP contribution is -2.32. The number of carbonyl (C=O) groups is 6. The molecule has 0 rings (SSSR count). The van der Waals surface area contributed by atoms with Gasteiger partial charge in [-0.25, -0.2) is 0 Å². The lowest BCUT2D eigenvalue weighted by atomic mass is 10.2. The van der Waals surface area contributed by atoms with Gasteiger partial charge in [-0.1, -0.05) is 0 Å². The first-order valence-electron chi connectivity index (χ1n) is 8.08. The number of ketones is 6. The Kier molecular flexibility index (Phi) is 10.2. The van der Waals surface area contributed by atoms with Crippen molar-refractivity contribution in [1.82, 2.24) is 0 Å². The van der Waals surface area contributed by atoms with Crippen LogP contribution < -0.4 is 0 Å². The van der Waals surface area contributed by atoms with Gasteiger partial charge in [0.05, 0.1) is 19.3 Å². The Labute approximate surface area is 171 Å². The number of carbonyl (C=O) groups excluding carboxylic acids is 6. The van der Waals surface area contributed by atoms with Crippen LogP contribution >= 0.6 is 0 Å². The molecule has 0 N–H and O–H groups in total. The second-order valence-electron chi connectivity index (χ2n) is 6.39. The zero-order valence-corrected chi connectivity index (χ0v) is 16.3. The molecule has 31 heavy (non-hydrogen) atoms. The van der Waals surface area contributed by atoms with Crippen LogP contribution in [0.15, 0.2) is 0 Å². The Balaban J connectivity index is 5.28. The van der Waals surface area contributed by atoms with Crippen molar-refractivity contribution < 1.29 is 68.3 Å². The minimum atomic E-state index is -5.39. The van der Waals surface area contributed by atoms with Gasteiger partial charge < -0.3 is 14.4 Å². The standard InChI is InChI=1S/3C5H4F3O2.Al/c3*1-3(9)2-4(10)5(6,7)8;/h3*1-2H2;. The molecule has 0 aromatic rings. The van der Waals surface area contributed by atoms with Crippen molar-refractivity contribution in [3.8, 4) is 0 Å². The SMILES string of the molecule is O=C(CC(=O)C(F)(F)F)[CH2][Al]([CH2]C(=O)CC(=O)C(F)(F)F)[CH2]C(=O)CC(=O)C(F)(F)F. The Bertz CT molecular complexity index is 652. The van der Waals surface area contributed by atoms with Crippen LogP contribution in [0.3, 0.4) is 0 Å². The van der Waals surface area contributed by atoms with Gasteiger partial charge in [-0.3, -0.25) is 14.4 Å². The summed E-state index contributed by atoms with van der Waals surface area (Å²) in [6.07, 6.45) is -21.3. The quantitative estimate of drug-likeness (QED) is 0.239. The third kappa shape index (κ3) is 11.8. The average Bonchev–Trinajstić information content (AvgIpc) is 2.51. The van der Waals surface area contributed by atoms with E-state index < -0.39 is 102 Å². The molecule has 16 heteroatoms. The Morgan fingerprint density at radius 2 is 0.645 bits per heavy atom. The molecule has 0 aliphatic heterocycles. The normalized spacial score (nSPS) is 12.3. The molecule has 174 valence electrons. The molecule has 0 radical (unpaired) electrons. The molecule has 0 saturated carbocycles. The maximum absolute atomic E-state index is 12.2. The van der Waals surface area contributed by atoms with E-state index in [1.165, 1.54) is 0 Å². The zero-order chi connectivity index (χ0) is 24.8. The molecule has 0 aliphatic rings. The van der Waals surface area contributed by atoms with Gasteiger partial charge in [-0.2, -0.15) is 39.5 Å². The van der Waals surface area contributed by atoms with E-state index in [2.05, 4.69) is 0 Å². The summed E-state index contributed by atoms with van der Waals surface area (Å²) in [6.45, 7) is 0. The molecule has 0 amide bonds. The fourth-order valence-electron chi connectivity index (χ4n) is 2.24. The van der Waals surface area contributed by atoms with Gasteiger partial charge >= 0.3 is 18.5 Å². The van der Waals surface area contributed by atoms with Gasteiger partial charge in [-0.15, -0.1) is 0 Å². The first kappa shape index (κ1) is 28.9. The van der Waals surface area contributed by atoms with Crippen LogP contribution in [0, 0.1) is 0 Å². The summed E-state index contributed by atoms with van der Waals surface area (Å²) in [5.74, 6) is -11.8.